The maximum absolute atomic E-state index is 12.1. The molecule has 0 unspecified atom stereocenters. The Bertz CT molecular complexity index is 804. The summed E-state index contributed by atoms with van der Waals surface area (Å²) in [6, 6.07) is 11.3. The molecule has 6 heteroatoms. The Hall–Kier alpha value is -2.05. The molecule has 0 atom stereocenters. The molecule has 1 amide bonds. The summed E-state index contributed by atoms with van der Waals surface area (Å²) < 4.78 is 0.796. The summed E-state index contributed by atoms with van der Waals surface area (Å²) in [7, 11) is 0. The van der Waals surface area contributed by atoms with E-state index in [1.807, 2.05) is 35.7 Å². The Morgan fingerprint density at radius 1 is 1.22 bits per heavy atom. The number of pyridine rings is 1. The zero-order chi connectivity index (χ0) is 16.1. The summed E-state index contributed by atoms with van der Waals surface area (Å²) in [4.78, 5) is 20.8. The Kier molecular flexibility index (Phi) is 5.15. The number of carbonyl (C=O) groups is 1. The number of hydrogen-bond donors (Lipinski definition) is 1. The summed E-state index contributed by atoms with van der Waals surface area (Å²) >= 11 is 4.97. The van der Waals surface area contributed by atoms with Gasteiger partial charge in [0, 0.05) is 40.8 Å². The fraction of sp³-hybridized carbons (Fsp3) is 0.118. The van der Waals surface area contributed by atoms with Crippen LogP contribution in [0.3, 0.4) is 0 Å². The molecule has 0 bridgehead atoms. The van der Waals surface area contributed by atoms with Gasteiger partial charge in [-0.15, -0.1) is 11.3 Å². The second-order valence-corrected chi connectivity index (χ2v) is 6.58. The summed E-state index contributed by atoms with van der Waals surface area (Å²) in [6.45, 7) is 0.552. The molecule has 1 N–H and O–H groups in total. The van der Waals surface area contributed by atoms with Crippen molar-refractivity contribution >= 4 is 33.2 Å². The minimum Gasteiger partial charge on any atom is -0.352 e. The first-order valence-corrected chi connectivity index (χ1v) is 8.79. The van der Waals surface area contributed by atoms with Crippen LogP contribution in [0.5, 0.6) is 0 Å². The van der Waals surface area contributed by atoms with Gasteiger partial charge in [-0.1, -0.05) is 12.1 Å². The molecule has 0 radical (unpaired) electrons. The summed E-state index contributed by atoms with van der Waals surface area (Å²) in [5, 5.41) is 5.89. The molecular formula is C17H14BrN3OS. The van der Waals surface area contributed by atoms with E-state index in [4.69, 9.17) is 0 Å². The molecule has 0 aliphatic rings. The number of benzene rings is 1. The van der Waals surface area contributed by atoms with E-state index in [1.54, 1.807) is 29.8 Å². The van der Waals surface area contributed by atoms with E-state index in [0.717, 1.165) is 20.7 Å². The average molecular weight is 388 g/mol. The van der Waals surface area contributed by atoms with E-state index in [2.05, 4.69) is 31.2 Å². The van der Waals surface area contributed by atoms with Gasteiger partial charge in [-0.05, 0) is 40.2 Å². The minimum absolute atomic E-state index is 0.0832. The number of carbonyl (C=O) groups excluding carboxylic acids is 1. The van der Waals surface area contributed by atoms with E-state index in [-0.39, 0.29) is 5.91 Å². The molecule has 23 heavy (non-hydrogen) atoms. The van der Waals surface area contributed by atoms with Crippen LogP contribution in [-0.2, 0) is 6.42 Å². The van der Waals surface area contributed by atoms with Gasteiger partial charge < -0.3 is 5.32 Å². The van der Waals surface area contributed by atoms with Crippen molar-refractivity contribution in [3.63, 3.8) is 0 Å². The maximum atomic E-state index is 12.1. The van der Waals surface area contributed by atoms with Gasteiger partial charge in [0.05, 0.1) is 11.3 Å². The second-order valence-electron chi connectivity index (χ2n) is 4.87. The van der Waals surface area contributed by atoms with Crippen LogP contribution >= 0.6 is 27.3 Å². The van der Waals surface area contributed by atoms with Crippen LogP contribution in [0.4, 0.5) is 0 Å². The highest BCUT2D eigenvalue weighted by Crippen LogP contribution is 2.22. The van der Waals surface area contributed by atoms with Crippen LogP contribution in [0.1, 0.15) is 16.1 Å². The van der Waals surface area contributed by atoms with Crippen molar-refractivity contribution < 1.29 is 4.79 Å². The van der Waals surface area contributed by atoms with Crippen molar-refractivity contribution in [1.29, 1.82) is 0 Å². The smallest absolute Gasteiger partial charge is 0.252 e. The van der Waals surface area contributed by atoms with Gasteiger partial charge in [-0.25, -0.2) is 4.98 Å². The van der Waals surface area contributed by atoms with Gasteiger partial charge in [0.2, 0.25) is 0 Å². The first-order valence-electron chi connectivity index (χ1n) is 7.11. The van der Waals surface area contributed by atoms with Crippen LogP contribution in [0.15, 0.2) is 58.6 Å². The van der Waals surface area contributed by atoms with Gasteiger partial charge >= 0.3 is 0 Å². The van der Waals surface area contributed by atoms with E-state index >= 15 is 0 Å². The maximum Gasteiger partial charge on any atom is 0.252 e. The van der Waals surface area contributed by atoms with Gasteiger partial charge in [-0.3, -0.25) is 9.78 Å². The third-order valence-electron chi connectivity index (χ3n) is 3.25. The van der Waals surface area contributed by atoms with Crippen molar-refractivity contribution in [3.05, 3.63) is 69.9 Å². The standard InChI is InChI=1S/C17H14BrN3OS/c18-15-6-2-1-5-14(15)16(22)20-9-7-13-11-23-17(21-13)12-4-3-8-19-10-12/h1-6,8,10-11H,7,9H2,(H,20,22). The van der Waals surface area contributed by atoms with Crippen molar-refractivity contribution in [1.82, 2.24) is 15.3 Å². The molecule has 0 saturated carbocycles. The predicted octanol–water partition coefficient (Wildman–Crippen LogP) is 3.94. The normalized spacial score (nSPS) is 10.5. The second kappa shape index (κ2) is 7.48. The van der Waals surface area contributed by atoms with Crippen molar-refractivity contribution in [2.45, 2.75) is 6.42 Å². The largest absolute Gasteiger partial charge is 0.352 e. The van der Waals surface area contributed by atoms with Gasteiger partial charge in [-0.2, -0.15) is 0 Å². The Labute approximate surface area is 146 Å². The Morgan fingerprint density at radius 2 is 2.09 bits per heavy atom. The molecule has 3 rings (SSSR count). The number of amides is 1. The molecule has 0 saturated heterocycles. The zero-order valence-corrected chi connectivity index (χ0v) is 14.6. The van der Waals surface area contributed by atoms with Crippen LogP contribution in [0, 0.1) is 0 Å². The fourth-order valence-electron chi connectivity index (χ4n) is 2.09. The van der Waals surface area contributed by atoms with E-state index in [9.17, 15) is 4.79 Å². The van der Waals surface area contributed by atoms with Crippen molar-refractivity contribution in [2.75, 3.05) is 6.54 Å². The van der Waals surface area contributed by atoms with E-state index in [1.165, 1.54) is 0 Å². The SMILES string of the molecule is O=C(NCCc1csc(-c2cccnc2)n1)c1ccccc1Br. The quantitative estimate of drug-likeness (QED) is 0.721. The van der Waals surface area contributed by atoms with Crippen molar-refractivity contribution in [2.24, 2.45) is 0 Å². The van der Waals surface area contributed by atoms with Gasteiger partial charge in [0.15, 0.2) is 0 Å². The topological polar surface area (TPSA) is 54.9 Å². The lowest BCUT2D eigenvalue weighted by molar-refractivity contribution is 0.0953. The molecule has 0 fully saturated rings. The minimum atomic E-state index is -0.0832. The Morgan fingerprint density at radius 3 is 2.87 bits per heavy atom. The highest BCUT2D eigenvalue weighted by Gasteiger charge is 2.09. The van der Waals surface area contributed by atoms with Crippen LogP contribution in [0.2, 0.25) is 0 Å². The number of rotatable bonds is 5. The zero-order valence-electron chi connectivity index (χ0n) is 12.2. The summed E-state index contributed by atoms with van der Waals surface area (Å²) in [5.74, 6) is -0.0832. The van der Waals surface area contributed by atoms with Crippen LogP contribution in [-0.4, -0.2) is 22.4 Å². The molecule has 116 valence electrons. The van der Waals surface area contributed by atoms with Crippen LogP contribution in [0.25, 0.3) is 10.6 Å². The lowest BCUT2D eigenvalue weighted by atomic mass is 10.2. The molecule has 2 aromatic heterocycles. The molecular weight excluding hydrogens is 374 g/mol. The monoisotopic (exact) mass is 387 g/mol. The first-order chi connectivity index (χ1) is 11.2. The third-order valence-corrected chi connectivity index (χ3v) is 4.88. The third kappa shape index (κ3) is 4.03. The van der Waals surface area contributed by atoms with Crippen molar-refractivity contribution in [3.8, 4) is 10.6 Å². The number of hydrogen-bond acceptors (Lipinski definition) is 4. The highest BCUT2D eigenvalue weighted by atomic mass is 79.9. The molecule has 1 aromatic carbocycles. The van der Waals surface area contributed by atoms with Crippen LogP contribution < -0.4 is 5.32 Å². The molecule has 0 spiro atoms. The number of nitrogens with one attached hydrogen (secondary N) is 1. The lowest BCUT2D eigenvalue weighted by Crippen LogP contribution is -2.26. The molecule has 4 nitrogen and oxygen atoms in total. The lowest BCUT2D eigenvalue weighted by Gasteiger charge is -2.05. The molecule has 3 aromatic rings. The number of halogens is 1. The fourth-order valence-corrected chi connectivity index (χ4v) is 3.40. The molecule has 2 heterocycles. The van der Waals surface area contributed by atoms with E-state index < -0.39 is 0 Å². The first kappa shape index (κ1) is 15.8. The van der Waals surface area contributed by atoms with E-state index in [0.29, 0.717) is 18.5 Å². The molecule has 0 aliphatic heterocycles. The molecule has 0 aliphatic carbocycles. The summed E-state index contributed by atoms with van der Waals surface area (Å²) in [5.41, 5.74) is 2.63. The predicted molar refractivity (Wildman–Crippen MR) is 95.5 cm³/mol. The number of nitrogens with zero attached hydrogens (tertiary/aromatic N) is 2. The highest BCUT2D eigenvalue weighted by molar-refractivity contribution is 9.10. The number of aromatic nitrogens is 2. The average Bonchev–Trinajstić information content (AvgIpc) is 3.05. The summed E-state index contributed by atoms with van der Waals surface area (Å²) in [6.07, 6.45) is 4.25. The van der Waals surface area contributed by atoms with Gasteiger partial charge in [0.25, 0.3) is 5.91 Å². The van der Waals surface area contributed by atoms with Gasteiger partial charge in [0.1, 0.15) is 5.01 Å². The number of thiazole rings is 1. The Balaban J connectivity index is 1.56.